The van der Waals surface area contributed by atoms with Crippen LogP contribution in [0.4, 0.5) is 24.8 Å². The van der Waals surface area contributed by atoms with Crippen LogP contribution in [0.15, 0.2) is 53.3 Å². The Morgan fingerprint density at radius 2 is 1.87 bits per heavy atom. The van der Waals surface area contributed by atoms with Gasteiger partial charge < -0.3 is 9.73 Å². The lowest BCUT2D eigenvalue weighted by atomic mass is 10.0. The van der Waals surface area contributed by atoms with Crippen molar-refractivity contribution in [1.82, 2.24) is 9.97 Å². The van der Waals surface area contributed by atoms with E-state index in [4.69, 9.17) is 9.20 Å². The summed E-state index contributed by atoms with van der Waals surface area (Å²) in [5.41, 5.74) is 0.940. The van der Waals surface area contributed by atoms with Gasteiger partial charge in [-0.3, -0.25) is 4.78 Å². The highest BCUT2D eigenvalue weighted by Gasteiger charge is 2.16. The van der Waals surface area contributed by atoms with Gasteiger partial charge in [0.05, 0.1) is 23.6 Å². The summed E-state index contributed by atoms with van der Waals surface area (Å²) in [6.07, 6.45) is 3.54. The zero-order valence-corrected chi connectivity index (χ0v) is 16.4. The molecule has 4 rings (SSSR count). The lowest BCUT2D eigenvalue weighted by molar-refractivity contribution is 0.584. The van der Waals surface area contributed by atoms with Gasteiger partial charge in [0.25, 0.3) is 0 Å². The van der Waals surface area contributed by atoms with Crippen molar-refractivity contribution >= 4 is 32.3 Å². The molecule has 0 bridgehead atoms. The van der Waals surface area contributed by atoms with Gasteiger partial charge in [-0.15, -0.1) is 0 Å². The molecule has 0 fully saturated rings. The second kappa shape index (κ2) is 7.45. The van der Waals surface area contributed by atoms with E-state index in [0.29, 0.717) is 11.1 Å². The summed E-state index contributed by atoms with van der Waals surface area (Å²) in [4.78, 5) is 7.64. The molecule has 0 spiro atoms. The van der Waals surface area contributed by atoms with Crippen LogP contribution < -0.4 is 5.32 Å². The van der Waals surface area contributed by atoms with Gasteiger partial charge >= 0.3 is 0 Å². The number of furan rings is 1. The Hall–Kier alpha value is -3.40. The van der Waals surface area contributed by atoms with Crippen LogP contribution in [0.5, 0.6) is 0 Å². The number of rotatable bonds is 5. The molecule has 1 atom stereocenters. The average Bonchev–Trinajstić information content (AvgIpc) is 3.13. The van der Waals surface area contributed by atoms with E-state index in [2.05, 4.69) is 15.3 Å². The van der Waals surface area contributed by atoms with Crippen LogP contribution >= 0.6 is 0 Å². The van der Waals surface area contributed by atoms with Crippen LogP contribution in [-0.4, -0.2) is 20.4 Å². The second-order valence-corrected chi connectivity index (χ2v) is 9.06. The molecule has 0 aliphatic rings. The molecule has 0 radical (unpaired) electrons. The first-order chi connectivity index (χ1) is 14.2. The zero-order valence-electron chi connectivity index (χ0n) is 15.6. The summed E-state index contributed by atoms with van der Waals surface area (Å²) in [6.45, 7) is 0. The molecule has 3 aromatic heterocycles. The summed E-state index contributed by atoms with van der Waals surface area (Å²) in [5, 5.41) is 2.99. The molecule has 0 aliphatic carbocycles. The molecule has 30 heavy (non-hydrogen) atoms. The van der Waals surface area contributed by atoms with Gasteiger partial charge in [-0.05, 0) is 42.0 Å². The molecule has 0 aliphatic heterocycles. The SMILES string of the molecule is CS(=N)(=O)Cc1cc(F)nc(Nc2cc(-c3ccc(F)c4ccoc34)c(F)cn2)c1. The van der Waals surface area contributed by atoms with E-state index in [9.17, 15) is 17.4 Å². The number of fused-ring (bicyclic) bond motifs is 1. The third kappa shape index (κ3) is 4.13. The van der Waals surface area contributed by atoms with Gasteiger partial charge in [-0.25, -0.2) is 23.0 Å². The molecule has 0 amide bonds. The van der Waals surface area contributed by atoms with E-state index in [0.717, 1.165) is 12.3 Å². The fourth-order valence-corrected chi connectivity index (χ4v) is 3.90. The van der Waals surface area contributed by atoms with Crippen molar-refractivity contribution in [2.24, 2.45) is 0 Å². The van der Waals surface area contributed by atoms with Gasteiger partial charge in [0.1, 0.15) is 28.9 Å². The van der Waals surface area contributed by atoms with Crippen molar-refractivity contribution in [2.75, 3.05) is 11.6 Å². The van der Waals surface area contributed by atoms with Crippen LogP contribution in [-0.2, 0) is 15.5 Å². The fourth-order valence-electron chi connectivity index (χ4n) is 3.10. The summed E-state index contributed by atoms with van der Waals surface area (Å²) in [7, 11) is -2.88. The van der Waals surface area contributed by atoms with Gasteiger partial charge in [-0.1, -0.05) is 0 Å². The van der Waals surface area contributed by atoms with E-state index in [1.165, 1.54) is 42.9 Å². The quantitative estimate of drug-likeness (QED) is 0.422. The summed E-state index contributed by atoms with van der Waals surface area (Å²) >= 11 is 0. The standard InChI is InChI=1S/C20H15F3N4O2S/c1-30(24,28)10-11-6-17(23)26-19(7-11)27-18-8-14(16(22)9-25-18)12-2-3-15(21)13-4-5-29-20(12)13/h2-9,24H,10H2,1H3,(H,25,26,27). The molecule has 4 aromatic rings. The number of benzene rings is 1. The minimum Gasteiger partial charge on any atom is -0.464 e. The first kappa shape index (κ1) is 19.9. The van der Waals surface area contributed by atoms with Crippen LogP contribution in [0.1, 0.15) is 5.56 Å². The lowest BCUT2D eigenvalue weighted by Gasteiger charge is -2.10. The van der Waals surface area contributed by atoms with Crippen LogP contribution in [0.2, 0.25) is 0 Å². The highest BCUT2D eigenvalue weighted by Crippen LogP contribution is 2.33. The maximum atomic E-state index is 14.5. The van der Waals surface area contributed by atoms with Crippen molar-refractivity contribution in [3.63, 3.8) is 0 Å². The van der Waals surface area contributed by atoms with Crippen molar-refractivity contribution < 1.29 is 21.8 Å². The number of nitrogens with zero attached hydrogens (tertiary/aromatic N) is 2. The number of halogens is 3. The normalized spacial score (nSPS) is 13.3. The first-order valence-electron chi connectivity index (χ1n) is 8.66. The van der Waals surface area contributed by atoms with Gasteiger partial charge in [0.15, 0.2) is 0 Å². The van der Waals surface area contributed by atoms with Crippen LogP contribution in [0.25, 0.3) is 22.1 Å². The minimum atomic E-state index is -2.88. The Morgan fingerprint density at radius 1 is 1.07 bits per heavy atom. The van der Waals surface area contributed by atoms with E-state index in [1.54, 1.807) is 0 Å². The monoisotopic (exact) mass is 432 g/mol. The highest BCUT2D eigenvalue weighted by atomic mass is 32.2. The summed E-state index contributed by atoms with van der Waals surface area (Å²) < 4.78 is 66.8. The number of hydrogen-bond donors (Lipinski definition) is 2. The van der Waals surface area contributed by atoms with E-state index < -0.39 is 27.3 Å². The number of nitrogens with one attached hydrogen (secondary N) is 2. The Bertz CT molecular complexity index is 1370. The molecule has 154 valence electrons. The van der Waals surface area contributed by atoms with Crippen LogP contribution in [0.3, 0.4) is 0 Å². The summed E-state index contributed by atoms with van der Waals surface area (Å²) in [6, 6.07) is 7.96. The molecule has 3 heterocycles. The van der Waals surface area contributed by atoms with Gasteiger partial charge in [0, 0.05) is 27.1 Å². The Morgan fingerprint density at radius 3 is 2.63 bits per heavy atom. The fraction of sp³-hybridized carbons (Fsp3) is 0.100. The van der Waals surface area contributed by atoms with Crippen molar-refractivity contribution in [2.45, 2.75) is 5.75 Å². The van der Waals surface area contributed by atoms with E-state index in [1.807, 2.05) is 0 Å². The molecular formula is C20H15F3N4O2S. The molecule has 10 heteroatoms. The second-order valence-electron chi connectivity index (χ2n) is 6.77. The molecule has 2 N–H and O–H groups in total. The largest absolute Gasteiger partial charge is 0.464 e. The smallest absolute Gasteiger partial charge is 0.215 e. The predicted molar refractivity (Wildman–Crippen MR) is 107 cm³/mol. The number of anilines is 2. The molecule has 1 unspecified atom stereocenters. The van der Waals surface area contributed by atoms with Crippen molar-refractivity contribution in [3.05, 3.63) is 72.0 Å². The molecule has 0 saturated carbocycles. The average molecular weight is 432 g/mol. The number of aromatic nitrogens is 2. The topological polar surface area (TPSA) is 91.9 Å². The van der Waals surface area contributed by atoms with Crippen molar-refractivity contribution in [3.8, 4) is 11.1 Å². The van der Waals surface area contributed by atoms with Crippen LogP contribution in [0, 0.1) is 22.4 Å². The summed E-state index contributed by atoms with van der Waals surface area (Å²) in [5.74, 6) is -1.90. The number of pyridine rings is 2. The maximum Gasteiger partial charge on any atom is 0.215 e. The predicted octanol–water partition coefficient (Wildman–Crippen LogP) is 5.23. The van der Waals surface area contributed by atoms with Gasteiger partial charge in [0.2, 0.25) is 5.95 Å². The lowest BCUT2D eigenvalue weighted by Crippen LogP contribution is -2.04. The molecule has 6 nitrogen and oxygen atoms in total. The van der Waals surface area contributed by atoms with Crippen molar-refractivity contribution in [1.29, 1.82) is 4.78 Å². The van der Waals surface area contributed by atoms with Gasteiger partial charge in [-0.2, -0.15) is 4.39 Å². The Kier molecular flexibility index (Phi) is 4.94. The van der Waals surface area contributed by atoms with E-state index in [-0.39, 0.29) is 33.9 Å². The molecular weight excluding hydrogens is 417 g/mol. The highest BCUT2D eigenvalue weighted by molar-refractivity contribution is 7.90. The Balaban J connectivity index is 1.73. The first-order valence-corrected chi connectivity index (χ1v) is 10.8. The molecule has 1 aromatic carbocycles. The third-order valence-electron chi connectivity index (χ3n) is 4.26. The minimum absolute atomic E-state index is 0.0564. The number of hydrogen-bond acceptors (Lipinski definition) is 6. The Labute approximate surface area is 169 Å². The maximum absolute atomic E-state index is 14.5. The van der Waals surface area contributed by atoms with E-state index >= 15 is 0 Å². The zero-order chi connectivity index (χ0) is 21.5. The molecule has 0 saturated heterocycles. The third-order valence-corrected chi connectivity index (χ3v) is 5.15.